The van der Waals surface area contributed by atoms with Crippen molar-refractivity contribution < 1.29 is 13.2 Å². The van der Waals surface area contributed by atoms with E-state index in [-0.39, 0.29) is 10.0 Å². The Hall–Kier alpha value is -2.06. The van der Waals surface area contributed by atoms with E-state index in [9.17, 15) is 13.2 Å². The van der Waals surface area contributed by atoms with E-state index in [1.54, 1.807) is 0 Å². The number of aromatic amines is 1. The maximum Gasteiger partial charge on any atom is 0.417 e. The van der Waals surface area contributed by atoms with Crippen LogP contribution in [0.2, 0.25) is 5.02 Å². The number of hydrogen-bond acceptors (Lipinski definition) is 4. The van der Waals surface area contributed by atoms with Gasteiger partial charge in [0.15, 0.2) is 5.82 Å². The average Bonchev–Trinajstić information content (AvgIpc) is 2.98. The number of halogens is 4. The van der Waals surface area contributed by atoms with Crippen LogP contribution in [0.25, 0.3) is 11.4 Å². The molecule has 4 nitrogen and oxygen atoms in total. The Labute approximate surface area is 138 Å². The smallest absolute Gasteiger partial charge is 0.258 e. The molecular weight excluding hydrogens is 349 g/mol. The molecule has 1 N–H and O–H groups in total. The quantitative estimate of drug-likeness (QED) is 0.739. The number of pyridine rings is 1. The minimum atomic E-state index is -4.48. The third-order valence-corrected chi connectivity index (χ3v) is 4.12. The van der Waals surface area contributed by atoms with Crippen molar-refractivity contribution in [2.45, 2.75) is 16.4 Å². The summed E-state index contributed by atoms with van der Waals surface area (Å²) in [6.45, 7) is 0. The second-order valence-corrected chi connectivity index (χ2v) is 5.81. The van der Waals surface area contributed by atoms with Gasteiger partial charge in [0.1, 0.15) is 5.03 Å². The minimum absolute atomic E-state index is 0.101. The molecule has 0 saturated carbocycles. The van der Waals surface area contributed by atoms with Crippen LogP contribution in [0.1, 0.15) is 5.56 Å². The maximum atomic E-state index is 12.6. The number of aromatic nitrogens is 4. The molecule has 0 bridgehead atoms. The molecule has 2 aromatic heterocycles. The van der Waals surface area contributed by atoms with E-state index in [4.69, 9.17) is 11.6 Å². The van der Waals surface area contributed by atoms with Crippen LogP contribution in [-0.2, 0) is 6.18 Å². The highest BCUT2D eigenvalue weighted by Crippen LogP contribution is 2.35. The number of rotatable bonds is 3. The number of H-pyrrole nitrogens is 1. The predicted molar refractivity (Wildman–Crippen MR) is 80.2 cm³/mol. The Kier molecular flexibility index (Phi) is 4.27. The van der Waals surface area contributed by atoms with Gasteiger partial charge in [0.25, 0.3) is 0 Å². The molecule has 0 spiro atoms. The van der Waals surface area contributed by atoms with E-state index in [0.29, 0.717) is 11.0 Å². The third-order valence-electron chi connectivity index (χ3n) is 2.83. The molecule has 118 valence electrons. The van der Waals surface area contributed by atoms with Gasteiger partial charge in [-0.1, -0.05) is 41.9 Å². The summed E-state index contributed by atoms with van der Waals surface area (Å²) in [4.78, 5) is 8.00. The van der Waals surface area contributed by atoms with Gasteiger partial charge in [-0.15, -0.1) is 5.10 Å². The van der Waals surface area contributed by atoms with E-state index in [0.717, 1.165) is 29.6 Å². The summed E-state index contributed by atoms with van der Waals surface area (Å²) in [6, 6.07) is 10.2. The number of alkyl halides is 3. The summed E-state index contributed by atoms with van der Waals surface area (Å²) in [6.07, 6.45) is -3.75. The highest BCUT2D eigenvalue weighted by atomic mass is 35.5. The average molecular weight is 357 g/mol. The summed E-state index contributed by atoms with van der Waals surface area (Å²) >= 11 is 6.85. The Balaban J connectivity index is 1.82. The van der Waals surface area contributed by atoms with Crippen LogP contribution < -0.4 is 0 Å². The fraction of sp³-hybridized carbons (Fsp3) is 0.0714. The molecule has 2 heterocycles. The Morgan fingerprint density at radius 1 is 1.13 bits per heavy atom. The molecule has 0 aliphatic heterocycles. The van der Waals surface area contributed by atoms with Crippen molar-refractivity contribution in [1.82, 2.24) is 20.2 Å². The van der Waals surface area contributed by atoms with Crippen LogP contribution >= 0.6 is 23.4 Å². The highest BCUT2D eigenvalue weighted by Gasteiger charge is 2.31. The molecule has 0 fully saturated rings. The molecule has 0 radical (unpaired) electrons. The van der Waals surface area contributed by atoms with Crippen LogP contribution in [0.15, 0.2) is 52.8 Å². The first kappa shape index (κ1) is 15.8. The Morgan fingerprint density at radius 3 is 2.52 bits per heavy atom. The first-order valence-electron chi connectivity index (χ1n) is 6.32. The number of hydrogen-bond donors (Lipinski definition) is 1. The zero-order chi connectivity index (χ0) is 16.4. The van der Waals surface area contributed by atoms with Crippen molar-refractivity contribution in [3.8, 4) is 11.4 Å². The van der Waals surface area contributed by atoms with E-state index >= 15 is 0 Å². The van der Waals surface area contributed by atoms with Gasteiger partial charge >= 0.3 is 6.18 Å². The second-order valence-electron chi connectivity index (χ2n) is 4.44. The lowest BCUT2D eigenvalue weighted by Gasteiger charge is -2.07. The highest BCUT2D eigenvalue weighted by molar-refractivity contribution is 7.99. The van der Waals surface area contributed by atoms with Crippen LogP contribution in [0.4, 0.5) is 13.2 Å². The molecule has 0 atom stereocenters. The van der Waals surface area contributed by atoms with Gasteiger partial charge < -0.3 is 0 Å². The SMILES string of the molecule is FC(F)(F)c1cnc(Sc2n[nH]c(-c3ccccc3)n2)c(Cl)c1. The van der Waals surface area contributed by atoms with Crippen LogP contribution in [0.3, 0.4) is 0 Å². The molecular formula is C14H8ClF3N4S. The van der Waals surface area contributed by atoms with Crippen LogP contribution in [-0.4, -0.2) is 20.2 Å². The Bertz CT molecular complexity index is 820. The molecule has 0 unspecified atom stereocenters. The first-order chi connectivity index (χ1) is 10.9. The van der Waals surface area contributed by atoms with Gasteiger partial charge in [0.05, 0.1) is 10.6 Å². The van der Waals surface area contributed by atoms with E-state index in [2.05, 4.69) is 20.2 Å². The van der Waals surface area contributed by atoms with Gasteiger partial charge in [-0.2, -0.15) is 13.2 Å². The monoisotopic (exact) mass is 356 g/mol. The molecule has 1 aromatic carbocycles. The lowest BCUT2D eigenvalue weighted by molar-refractivity contribution is -0.137. The van der Waals surface area contributed by atoms with Gasteiger partial charge in [-0.25, -0.2) is 9.97 Å². The summed E-state index contributed by atoms with van der Waals surface area (Å²) in [5.74, 6) is 0.552. The fourth-order valence-corrected chi connectivity index (χ4v) is 2.70. The molecule has 3 rings (SSSR count). The molecule has 0 saturated heterocycles. The number of nitrogens with zero attached hydrogens (tertiary/aromatic N) is 3. The van der Waals surface area contributed by atoms with Crippen molar-refractivity contribution >= 4 is 23.4 Å². The molecule has 3 aromatic rings. The van der Waals surface area contributed by atoms with E-state index < -0.39 is 11.7 Å². The standard InChI is InChI=1S/C14H8ClF3N4S/c15-10-6-9(14(16,17)18)7-19-12(10)23-13-20-11(21-22-13)8-4-2-1-3-5-8/h1-7H,(H,20,21,22). The van der Waals surface area contributed by atoms with Crippen molar-refractivity contribution in [3.05, 3.63) is 53.2 Å². The van der Waals surface area contributed by atoms with Crippen molar-refractivity contribution in [3.63, 3.8) is 0 Å². The van der Waals surface area contributed by atoms with Gasteiger partial charge in [-0.05, 0) is 17.8 Å². The zero-order valence-corrected chi connectivity index (χ0v) is 12.9. The van der Waals surface area contributed by atoms with E-state index in [1.165, 1.54) is 0 Å². The molecule has 0 aliphatic rings. The first-order valence-corrected chi connectivity index (χ1v) is 7.51. The molecule has 0 aliphatic carbocycles. The largest absolute Gasteiger partial charge is 0.417 e. The van der Waals surface area contributed by atoms with E-state index in [1.807, 2.05) is 30.3 Å². The third kappa shape index (κ3) is 3.65. The van der Waals surface area contributed by atoms with Gasteiger partial charge in [-0.3, -0.25) is 5.10 Å². The van der Waals surface area contributed by atoms with Crippen LogP contribution in [0, 0.1) is 0 Å². The lowest BCUT2D eigenvalue weighted by atomic mass is 10.2. The fourth-order valence-electron chi connectivity index (χ4n) is 1.76. The molecule has 0 amide bonds. The second kappa shape index (κ2) is 6.21. The Morgan fingerprint density at radius 2 is 1.87 bits per heavy atom. The number of nitrogens with one attached hydrogen (secondary N) is 1. The summed E-state index contributed by atoms with van der Waals surface area (Å²) in [5, 5.41) is 7.19. The number of benzene rings is 1. The van der Waals surface area contributed by atoms with Crippen molar-refractivity contribution in [2.75, 3.05) is 0 Å². The topological polar surface area (TPSA) is 54.5 Å². The van der Waals surface area contributed by atoms with Crippen molar-refractivity contribution in [2.24, 2.45) is 0 Å². The zero-order valence-electron chi connectivity index (χ0n) is 11.3. The summed E-state index contributed by atoms with van der Waals surface area (Å²) < 4.78 is 37.7. The lowest BCUT2D eigenvalue weighted by Crippen LogP contribution is -2.05. The van der Waals surface area contributed by atoms with Crippen LogP contribution in [0.5, 0.6) is 0 Å². The molecule has 9 heteroatoms. The normalized spacial score (nSPS) is 11.7. The molecule has 23 heavy (non-hydrogen) atoms. The van der Waals surface area contributed by atoms with Gasteiger partial charge in [0.2, 0.25) is 5.16 Å². The predicted octanol–water partition coefficient (Wildman–Crippen LogP) is 4.69. The van der Waals surface area contributed by atoms with Crippen molar-refractivity contribution in [1.29, 1.82) is 0 Å². The van der Waals surface area contributed by atoms with Gasteiger partial charge in [0, 0.05) is 11.8 Å². The summed E-state index contributed by atoms with van der Waals surface area (Å²) in [7, 11) is 0. The maximum absolute atomic E-state index is 12.6. The minimum Gasteiger partial charge on any atom is -0.258 e. The summed E-state index contributed by atoms with van der Waals surface area (Å²) in [5.41, 5.74) is -0.0508.